The second-order valence-electron chi connectivity index (χ2n) is 6.24. The van der Waals surface area contributed by atoms with Gasteiger partial charge in [-0.25, -0.2) is 4.98 Å². The molecule has 1 aromatic carbocycles. The molecule has 1 heterocycles. The maximum atomic E-state index is 5.88. The summed E-state index contributed by atoms with van der Waals surface area (Å²) in [6.07, 6.45) is 0. The van der Waals surface area contributed by atoms with Gasteiger partial charge in [0.1, 0.15) is 0 Å². The van der Waals surface area contributed by atoms with Gasteiger partial charge in [-0.2, -0.15) is 0 Å². The van der Waals surface area contributed by atoms with Gasteiger partial charge >= 0.3 is 0 Å². The Balaban J connectivity index is 2.55. The lowest BCUT2D eigenvalue weighted by atomic mass is 9.85. The smallest absolute Gasteiger partial charge is 0.200 e. The molecule has 0 spiro atoms. The molecule has 0 aliphatic rings. The standard InChI is InChI=1S/C16H23N3/c1-10-9-12(16(3,4)5)7-8-13(10)14-11(2)19(6)15(17)18-14/h7-9H,1-6H3,(H2,17,18). The minimum absolute atomic E-state index is 0.168. The highest BCUT2D eigenvalue weighted by Gasteiger charge is 2.17. The van der Waals surface area contributed by atoms with Gasteiger partial charge in [-0.05, 0) is 30.4 Å². The van der Waals surface area contributed by atoms with E-state index in [0.717, 1.165) is 17.0 Å². The van der Waals surface area contributed by atoms with Crippen LogP contribution in [0.2, 0.25) is 0 Å². The van der Waals surface area contributed by atoms with E-state index in [1.54, 1.807) is 0 Å². The predicted octanol–water partition coefficient (Wildman–Crippen LogP) is 3.58. The molecule has 2 rings (SSSR count). The first-order chi connectivity index (χ1) is 8.71. The molecule has 0 aliphatic carbocycles. The number of nitrogens with two attached hydrogens (primary N) is 1. The minimum atomic E-state index is 0.168. The second kappa shape index (κ2) is 4.41. The van der Waals surface area contributed by atoms with E-state index in [9.17, 15) is 0 Å². The van der Waals surface area contributed by atoms with Crippen molar-refractivity contribution >= 4 is 5.95 Å². The Labute approximate surface area is 115 Å². The number of nitrogen functional groups attached to an aromatic ring is 1. The third-order valence-corrected chi connectivity index (χ3v) is 3.76. The van der Waals surface area contributed by atoms with Crippen molar-refractivity contribution in [2.45, 2.75) is 40.0 Å². The van der Waals surface area contributed by atoms with Crippen LogP contribution in [0.1, 0.15) is 37.6 Å². The van der Waals surface area contributed by atoms with Crippen molar-refractivity contribution in [3.8, 4) is 11.3 Å². The third kappa shape index (κ3) is 2.37. The van der Waals surface area contributed by atoms with Gasteiger partial charge in [0, 0.05) is 18.3 Å². The summed E-state index contributed by atoms with van der Waals surface area (Å²) in [6, 6.07) is 6.59. The zero-order chi connectivity index (χ0) is 14.4. The quantitative estimate of drug-likeness (QED) is 0.848. The van der Waals surface area contributed by atoms with Crippen LogP contribution < -0.4 is 5.73 Å². The molecule has 0 amide bonds. The minimum Gasteiger partial charge on any atom is -0.369 e. The number of hydrogen-bond donors (Lipinski definition) is 1. The Kier molecular flexibility index (Phi) is 3.17. The molecule has 0 bridgehead atoms. The Hall–Kier alpha value is -1.77. The zero-order valence-electron chi connectivity index (χ0n) is 12.7. The first-order valence-corrected chi connectivity index (χ1v) is 6.62. The fourth-order valence-electron chi connectivity index (χ4n) is 2.25. The van der Waals surface area contributed by atoms with Crippen LogP contribution in [-0.2, 0) is 12.5 Å². The van der Waals surface area contributed by atoms with Crippen LogP contribution in [0.3, 0.4) is 0 Å². The fraction of sp³-hybridized carbons (Fsp3) is 0.438. The maximum absolute atomic E-state index is 5.88. The van der Waals surface area contributed by atoms with Crippen molar-refractivity contribution in [2.24, 2.45) is 7.05 Å². The van der Waals surface area contributed by atoms with E-state index in [4.69, 9.17) is 5.73 Å². The van der Waals surface area contributed by atoms with Gasteiger partial charge in [0.05, 0.1) is 5.69 Å². The number of hydrogen-bond acceptors (Lipinski definition) is 2. The van der Waals surface area contributed by atoms with Gasteiger partial charge < -0.3 is 10.3 Å². The normalized spacial score (nSPS) is 11.9. The molecule has 2 N–H and O–H groups in total. The average molecular weight is 257 g/mol. The van der Waals surface area contributed by atoms with Crippen molar-refractivity contribution in [1.29, 1.82) is 0 Å². The Morgan fingerprint density at radius 2 is 1.79 bits per heavy atom. The lowest BCUT2D eigenvalue weighted by Gasteiger charge is -2.20. The number of benzene rings is 1. The highest BCUT2D eigenvalue weighted by molar-refractivity contribution is 5.68. The molecule has 19 heavy (non-hydrogen) atoms. The fourth-order valence-corrected chi connectivity index (χ4v) is 2.25. The van der Waals surface area contributed by atoms with Gasteiger partial charge in [0.15, 0.2) is 0 Å². The van der Waals surface area contributed by atoms with Crippen LogP contribution in [0.5, 0.6) is 0 Å². The SMILES string of the molecule is Cc1cc(C(C)(C)C)ccc1-c1nc(N)n(C)c1C. The van der Waals surface area contributed by atoms with Crippen LogP contribution in [0.15, 0.2) is 18.2 Å². The predicted molar refractivity (Wildman–Crippen MR) is 81.2 cm³/mol. The first kappa shape index (κ1) is 13.7. The number of aromatic nitrogens is 2. The third-order valence-electron chi connectivity index (χ3n) is 3.76. The highest BCUT2D eigenvalue weighted by atomic mass is 15.1. The number of rotatable bonds is 1. The summed E-state index contributed by atoms with van der Waals surface area (Å²) in [5.41, 5.74) is 11.9. The van der Waals surface area contributed by atoms with E-state index < -0.39 is 0 Å². The Morgan fingerprint density at radius 1 is 1.16 bits per heavy atom. The molecular weight excluding hydrogens is 234 g/mol. The van der Waals surface area contributed by atoms with Crippen LogP contribution in [0.4, 0.5) is 5.95 Å². The molecule has 0 aliphatic heterocycles. The molecular formula is C16H23N3. The number of imidazole rings is 1. The van der Waals surface area contributed by atoms with Gasteiger partial charge in [-0.15, -0.1) is 0 Å². The van der Waals surface area contributed by atoms with E-state index in [2.05, 4.69) is 57.8 Å². The molecule has 0 saturated heterocycles. The van der Waals surface area contributed by atoms with Crippen molar-refractivity contribution in [3.05, 3.63) is 35.0 Å². The largest absolute Gasteiger partial charge is 0.369 e. The summed E-state index contributed by atoms with van der Waals surface area (Å²) in [5, 5.41) is 0. The van der Waals surface area contributed by atoms with E-state index in [0.29, 0.717) is 5.95 Å². The Morgan fingerprint density at radius 3 is 2.21 bits per heavy atom. The van der Waals surface area contributed by atoms with E-state index in [1.807, 2.05) is 11.6 Å². The first-order valence-electron chi connectivity index (χ1n) is 6.62. The van der Waals surface area contributed by atoms with Crippen LogP contribution in [-0.4, -0.2) is 9.55 Å². The molecule has 3 nitrogen and oxygen atoms in total. The average Bonchev–Trinajstić information content (AvgIpc) is 2.56. The van der Waals surface area contributed by atoms with Crippen LogP contribution >= 0.6 is 0 Å². The number of nitrogens with zero attached hydrogens (tertiary/aromatic N) is 2. The van der Waals surface area contributed by atoms with E-state index in [1.165, 1.54) is 11.1 Å². The lowest BCUT2D eigenvalue weighted by Crippen LogP contribution is -2.11. The molecule has 102 valence electrons. The molecule has 2 aromatic rings. The lowest BCUT2D eigenvalue weighted by molar-refractivity contribution is 0.590. The van der Waals surface area contributed by atoms with Crippen molar-refractivity contribution < 1.29 is 0 Å². The summed E-state index contributed by atoms with van der Waals surface area (Å²) < 4.78 is 1.92. The number of anilines is 1. The summed E-state index contributed by atoms with van der Waals surface area (Å²) in [6.45, 7) is 10.9. The van der Waals surface area contributed by atoms with Gasteiger partial charge in [-0.1, -0.05) is 39.0 Å². The number of aryl methyl sites for hydroxylation is 1. The molecule has 0 radical (unpaired) electrons. The topological polar surface area (TPSA) is 43.8 Å². The van der Waals surface area contributed by atoms with Crippen molar-refractivity contribution in [3.63, 3.8) is 0 Å². The second-order valence-corrected chi connectivity index (χ2v) is 6.24. The maximum Gasteiger partial charge on any atom is 0.200 e. The zero-order valence-corrected chi connectivity index (χ0v) is 12.7. The van der Waals surface area contributed by atoms with Gasteiger partial charge in [0.25, 0.3) is 0 Å². The van der Waals surface area contributed by atoms with Gasteiger partial charge in [-0.3, -0.25) is 0 Å². The highest BCUT2D eigenvalue weighted by Crippen LogP contribution is 2.31. The summed E-state index contributed by atoms with van der Waals surface area (Å²) in [7, 11) is 1.94. The van der Waals surface area contributed by atoms with Crippen molar-refractivity contribution in [2.75, 3.05) is 5.73 Å². The van der Waals surface area contributed by atoms with Crippen molar-refractivity contribution in [1.82, 2.24) is 9.55 Å². The summed E-state index contributed by atoms with van der Waals surface area (Å²) in [5.74, 6) is 0.562. The van der Waals surface area contributed by atoms with E-state index in [-0.39, 0.29) is 5.41 Å². The molecule has 0 fully saturated rings. The molecule has 0 unspecified atom stereocenters. The molecule has 0 saturated carbocycles. The van der Waals surface area contributed by atoms with Crippen LogP contribution in [0, 0.1) is 13.8 Å². The van der Waals surface area contributed by atoms with Gasteiger partial charge in [0.2, 0.25) is 5.95 Å². The summed E-state index contributed by atoms with van der Waals surface area (Å²) in [4.78, 5) is 4.47. The summed E-state index contributed by atoms with van der Waals surface area (Å²) >= 11 is 0. The van der Waals surface area contributed by atoms with Crippen LogP contribution in [0.25, 0.3) is 11.3 Å². The molecule has 0 atom stereocenters. The molecule has 3 heteroatoms. The monoisotopic (exact) mass is 257 g/mol. The molecule has 1 aromatic heterocycles. The van der Waals surface area contributed by atoms with E-state index >= 15 is 0 Å². The Bertz CT molecular complexity index is 616.